The largest absolute Gasteiger partial charge is 0.328 e. The molecular weight excluding hydrogens is 214 g/mol. The first kappa shape index (κ1) is 12.2. The summed E-state index contributed by atoms with van der Waals surface area (Å²) in [6.45, 7) is 0.372. The highest BCUT2D eigenvalue weighted by atomic mass is 16.1. The van der Waals surface area contributed by atoms with E-state index in [2.05, 4.69) is 10.3 Å². The Labute approximate surface area is 102 Å². The van der Waals surface area contributed by atoms with Crippen molar-refractivity contribution in [2.45, 2.75) is 37.8 Å². The number of Topliss-reactive ketones (excluding diaryl/α,β-unsaturated/α-hetero) is 1. The van der Waals surface area contributed by atoms with Crippen molar-refractivity contribution in [3.8, 4) is 0 Å². The number of nitrogens with one attached hydrogen (secondary N) is 1. The molecule has 92 valence electrons. The fourth-order valence-electron chi connectivity index (χ4n) is 2.18. The molecule has 1 aromatic heterocycles. The molecule has 1 aliphatic carbocycles. The highest BCUT2D eigenvalue weighted by Gasteiger charge is 2.18. The summed E-state index contributed by atoms with van der Waals surface area (Å²) in [5, 5.41) is 3.30. The number of rotatable bonds is 4. The molecule has 1 saturated carbocycles. The van der Waals surface area contributed by atoms with E-state index in [4.69, 9.17) is 5.73 Å². The van der Waals surface area contributed by atoms with Crippen LogP contribution in [0.25, 0.3) is 0 Å². The van der Waals surface area contributed by atoms with Crippen LogP contribution in [-0.4, -0.2) is 29.4 Å². The highest BCUT2D eigenvalue weighted by Crippen LogP contribution is 2.16. The molecule has 0 aromatic carbocycles. The minimum atomic E-state index is 0.0560. The molecule has 4 nitrogen and oxygen atoms in total. The van der Waals surface area contributed by atoms with Gasteiger partial charge < -0.3 is 11.1 Å². The van der Waals surface area contributed by atoms with Crippen LogP contribution in [0.5, 0.6) is 0 Å². The van der Waals surface area contributed by atoms with E-state index in [0.717, 1.165) is 25.7 Å². The molecule has 2 rings (SSSR count). The summed E-state index contributed by atoms with van der Waals surface area (Å²) >= 11 is 0. The zero-order valence-corrected chi connectivity index (χ0v) is 9.93. The van der Waals surface area contributed by atoms with Crippen LogP contribution in [0.3, 0.4) is 0 Å². The van der Waals surface area contributed by atoms with Crippen molar-refractivity contribution in [3.05, 3.63) is 30.1 Å². The van der Waals surface area contributed by atoms with E-state index in [1.807, 2.05) is 12.1 Å². The third-order valence-corrected chi connectivity index (χ3v) is 3.27. The maximum Gasteiger partial charge on any atom is 0.194 e. The van der Waals surface area contributed by atoms with Gasteiger partial charge in [-0.1, -0.05) is 6.07 Å². The lowest BCUT2D eigenvalue weighted by Crippen LogP contribution is -2.39. The highest BCUT2D eigenvalue weighted by molar-refractivity contribution is 5.95. The normalized spacial score (nSPS) is 24.5. The van der Waals surface area contributed by atoms with E-state index in [1.165, 1.54) is 0 Å². The molecule has 1 aromatic rings. The van der Waals surface area contributed by atoms with Crippen molar-refractivity contribution in [3.63, 3.8) is 0 Å². The van der Waals surface area contributed by atoms with Gasteiger partial charge in [0.1, 0.15) is 5.69 Å². The molecule has 17 heavy (non-hydrogen) atoms. The smallest absolute Gasteiger partial charge is 0.194 e. The second kappa shape index (κ2) is 5.89. The summed E-state index contributed by atoms with van der Waals surface area (Å²) in [4.78, 5) is 15.8. The first-order chi connectivity index (χ1) is 8.25. The maximum absolute atomic E-state index is 11.8. The molecule has 3 N–H and O–H groups in total. The molecule has 0 unspecified atom stereocenters. The van der Waals surface area contributed by atoms with Crippen LogP contribution in [0.2, 0.25) is 0 Å². The number of carbonyl (C=O) groups is 1. The zero-order chi connectivity index (χ0) is 12.1. The van der Waals surface area contributed by atoms with Crippen LogP contribution in [0.15, 0.2) is 24.4 Å². The summed E-state index contributed by atoms with van der Waals surface area (Å²) < 4.78 is 0. The monoisotopic (exact) mass is 233 g/mol. The Hall–Kier alpha value is -1.26. The third-order valence-electron chi connectivity index (χ3n) is 3.27. The van der Waals surface area contributed by atoms with Gasteiger partial charge in [-0.25, -0.2) is 0 Å². The Bertz CT molecular complexity index is 358. The molecule has 1 fully saturated rings. The van der Waals surface area contributed by atoms with Crippen LogP contribution in [0.1, 0.15) is 36.2 Å². The summed E-state index contributed by atoms with van der Waals surface area (Å²) in [6.07, 6.45) is 5.88. The topological polar surface area (TPSA) is 68.0 Å². The second-order valence-electron chi connectivity index (χ2n) is 4.63. The van der Waals surface area contributed by atoms with Crippen LogP contribution in [0.4, 0.5) is 0 Å². The molecule has 0 bridgehead atoms. The predicted molar refractivity (Wildman–Crippen MR) is 66.8 cm³/mol. The fourth-order valence-corrected chi connectivity index (χ4v) is 2.18. The van der Waals surface area contributed by atoms with Gasteiger partial charge in [0, 0.05) is 18.3 Å². The Balaban J connectivity index is 1.77. The molecule has 0 radical (unpaired) electrons. The molecule has 4 heteroatoms. The SMILES string of the molecule is NC1CCC(NCC(=O)c2ccccn2)CC1. The van der Waals surface area contributed by atoms with E-state index in [0.29, 0.717) is 24.3 Å². The summed E-state index contributed by atoms with van der Waals surface area (Å²) in [5.41, 5.74) is 6.37. The lowest BCUT2D eigenvalue weighted by atomic mass is 9.92. The van der Waals surface area contributed by atoms with Crippen LogP contribution < -0.4 is 11.1 Å². The van der Waals surface area contributed by atoms with Gasteiger partial charge in [0.25, 0.3) is 0 Å². The summed E-state index contributed by atoms with van der Waals surface area (Å²) in [5.74, 6) is 0.0560. The first-order valence-electron chi connectivity index (χ1n) is 6.19. The lowest BCUT2D eigenvalue weighted by Gasteiger charge is -2.26. The van der Waals surface area contributed by atoms with Gasteiger partial charge in [0.15, 0.2) is 5.78 Å². The quantitative estimate of drug-likeness (QED) is 0.765. The van der Waals surface area contributed by atoms with Gasteiger partial charge >= 0.3 is 0 Å². The van der Waals surface area contributed by atoms with Crippen molar-refractivity contribution in [2.24, 2.45) is 5.73 Å². The van der Waals surface area contributed by atoms with E-state index in [-0.39, 0.29) is 5.78 Å². The third kappa shape index (κ3) is 3.61. The Kier molecular flexibility index (Phi) is 4.23. The molecule has 0 amide bonds. The van der Waals surface area contributed by atoms with Crippen molar-refractivity contribution < 1.29 is 4.79 Å². The summed E-state index contributed by atoms with van der Waals surface area (Å²) in [7, 11) is 0. The predicted octanol–water partition coefficient (Wildman–Crippen LogP) is 1.12. The number of ketones is 1. The Morgan fingerprint density at radius 3 is 2.76 bits per heavy atom. The molecular formula is C13H19N3O. The molecule has 0 atom stereocenters. The van der Waals surface area contributed by atoms with Crippen molar-refractivity contribution in [2.75, 3.05) is 6.54 Å². The molecule has 0 aliphatic heterocycles. The number of pyridine rings is 1. The first-order valence-corrected chi connectivity index (χ1v) is 6.19. The Morgan fingerprint density at radius 2 is 2.12 bits per heavy atom. The zero-order valence-electron chi connectivity index (χ0n) is 9.93. The van der Waals surface area contributed by atoms with Crippen LogP contribution in [0, 0.1) is 0 Å². The molecule has 0 saturated heterocycles. The number of hydrogen-bond donors (Lipinski definition) is 2. The van der Waals surface area contributed by atoms with Gasteiger partial charge in [0.2, 0.25) is 0 Å². The van der Waals surface area contributed by atoms with E-state index >= 15 is 0 Å². The van der Waals surface area contributed by atoms with Crippen LogP contribution >= 0.6 is 0 Å². The minimum absolute atomic E-state index is 0.0560. The molecule has 0 spiro atoms. The average molecular weight is 233 g/mol. The second-order valence-corrected chi connectivity index (χ2v) is 4.63. The fraction of sp³-hybridized carbons (Fsp3) is 0.538. The molecule has 1 aliphatic rings. The standard InChI is InChI=1S/C13H19N3O/c14-10-4-6-11(7-5-10)16-9-13(17)12-3-1-2-8-15-12/h1-3,8,10-11,16H,4-7,9,14H2. The van der Waals surface area contributed by atoms with E-state index in [1.54, 1.807) is 12.3 Å². The van der Waals surface area contributed by atoms with Crippen LogP contribution in [-0.2, 0) is 0 Å². The Morgan fingerprint density at radius 1 is 1.35 bits per heavy atom. The van der Waals surface area contributed by atoms with E-state index in [9.17, 15) is 4.79 Å². The van der Waals surface area contributed by atoms with Crippen molar-refractivity contribution >= 4 is 5.78 Å². The number of carbonyl (C=O) groups excluding carboxylic acids is 1. The molecule has 1 heterocycles. The van der Waals surface area contributed by atoms with Crippen molar-refractivity contribution in [1.82, 2.24) is 10.3 Å². The van der Waals surface area contributed by atoms with Gasteiger partial charge in [-0.3, -0.25) is 9.78 Å². The van der Waals surface area contributed by atoms with Gasteiger partial charge in [-0.15, -0.1) is 0 Å². The average Bonchev–Trinajstić information content (AvgIpc) is 2.39. The van der Waals surface area contributed by atoms with Gasteiger partial charge in [-0.2, -0.15) is 0 Å². The number of nitrogens with two attached hydrogens (primary N) is 1. The number of hydrogen-bond acceptors (Lipinski definition) is 4. The summed E-state index contributed by atoms with van der Waals surface area (Å²) in [6, 6.07) is 6.18. The lowest BCUT2D eigenvalue weighted by molar-refractivity contribution is 0.0979. The maximum atomic E-state index is 11.8. The van der Waals surface area contributed by atoms with Gasteiger partial charge in [0.05, 0.1) is 6.54 Å². The minimum Gasteiger partial charge on any atom is -0.328 e. The van der Waals surface area contributed by atoms with Gasteiger partial charge in [-0.05, 0) is 37.8 Å². The number of nitrogens with zero attached hydrogens (tertiary/aromatic N) is 1. The van der Waals surface area contributed by atoms with Crippen molar-refractivity contribution in [1.29, 1.82) is 0 Å². The van der Waals surface area contributed by atoms with E-state index < -0.39 is 0 Å². The number of aromatic nitrogens is 1.